The number of carbonyl (C=O) groups is 2. The molecule has 8 nitrogen and oxygen atoms in total. The van der Waals surface area contributed by atoms with Gasteiger partial charge in [-0.3, -0.25) is 20.4 Å². The van der Waals surface area contributed by atoms with Gasteiger partial charge in [0.25, 0.3) is 11.8 Å². The topological polar surface area (TPSA) is 105 Å². The number of aromatic nitrogens is 2. The molecule has 0 aliphatic rings. The molecule has 0 saturated heterocycles. The van der Waals surface area contributed by atoms with E-state index in [1.165, 1.54) is 0 Å². The zero-order valence-corrected chi connectivity index (χ0v) is 16.9. The molecule has 28 heavy (non-hydrogen) atoms. The second kappa shape index (κ2) is 9.68. The molecule has 2 aromatic rings. The number of rotatable bonds is 8. The molecule has 0 aliphatic heterocycles. The SMILES string of the molecule is CCOc1ccc(C(=O)N[C@@H](C(=O)NNc2nc(C)cc(C)n2)C(C)C)cc1. The number of amides is 2. The molecule has 0 unspecified atom stereocenters. The van der Waals surface area contributed by atoms with Crippen LogP contribution in [0, 0.1) is 19.8 Å². The lowest BCUT2D eigenvalue weighted by Gasteiger charge is -2.22. The maximum atomic E-state index is 12.6. The summed E-state index contributed by atoms with van der Waals surface area (Å²) < 4.78 is 5.37. The molecule has 0 spiro atoms. The van der Waals surface area contributed by atoms with Crippen molar-refractivity contribution in [3.05, 3.63) is 47.3 Å². The van der Waals surface area contributed by atoms with E-state index in [-0.39, 0.29) is 17.7 Å². The van der Waals surface area contributed by atoms with Gasteiger partial charge in [0, 0.05) is 17.0 Å². The molecule has 0 bridgehead atoms. The fourth-order valence-corrected chi connectivity index (χ4v) is 2.61. The number of hydrogen-bond acceptors (Lipinski definition) is 6. The first kappa shape index (κ1) is 21.1. The first-order valence-electron chi connectivity index (χ1n) is 9.22. The van der Waals surface area contributed by atoms with Crippen molar-refractivity contribution in [2.45, 2.75) is 40.7 Å². The van der Waals surface area contributed by atoms with Gasteiger partial charge in [-0.05, 0) is 57.0 Å². The first-order chi connectivity index (χ1) is 13.3. The van der Waals surface area contributed by atoms with Crippen molar-refractivity contribution < 1.29 is 14.3 Å². The van der Waals surface area contributed by atoms with E-state index in [2.05, 4.69) is 26.1 Å². The third kappa shape index (κ3) is 5.94. The number of carbonyl (C=O) groups excluding carboxylic acids is 2. The number of anilines is 1. The van der Waals surface area contributed by atoms with Crippen LogP contribution in [0.5, 0.6) is 5.75 Å². The Bertz CT molecular complexity index is 801. The Hall–Kier alpha value is -3.16. The van der Waals surface area contributed by atoms with E-state index >= 15 is 0 Å². The Morgan fingerprint density at radius 3 is 2.21 bits per heavy atom. The highest BCUT2D eigenvalue weighted by Crippen LogP contribution is 2.13. The molecule has 1 heterocycles. The van der Waals surface area contributed by atoms with E-state index in [1.807, 2.05) is 40.7 Å². The van der Waals surface area contributed by atoms with E-state index in [1.54, 1.807) is 24.3 Å². The average molecular weight is 385 g/mol. The van der Waals surface area contributed by atoms with E-state index in [9.17, 15) is 9.59 Å². The smallest absolute Gasteiger partial charge is 0.261 e. The summed E-state index contributed by atoms with van der Waals surface area (Å²) in [5, 5.41) is 2.77. The minimum atomic E-state index is -0.725. The minimum Gasteiger partial charge on any atom is -0.494 e. The Balaban J connectivity index is 2.01. The minimum absolute atomic E-state index is 0.117. The molecule has 2 amide bonds. The van der Waals surface area contributed by atoms with Crippen LogP contribution in [-0.2, 0) is 4.79 Å². The van der Waals surface area contributed by atoms with E-state index < -0.39 is 6.04 Å². The van der Waals surface area contributed by atoms with Crippen LogP contribution in [0.15, 0.2) is 30.3 Å². The van der Waals surface area contributed by atoms with Crippen molar-refractivity contribution >= 4 is 17.8 Å². The van der Waals surface area contributed by atoms with Crippen LogP contribution in [0.3, 0.4) is 0 Å². The molecule has 1 aromatic heterocycles. The normalized spacial score (nSPS) is 11.6. The maximum Gasteiger partial charge on any atom is 0.261 e. The highest BCUT2D eigenvalue weighted by Gasteiger charge is 2.25. The van der Waals surface area contributed by atoms with Gasteiger partial charge >= 0.3 is 0 Å². The average Bonchev–Trinajstić information content (AvgIpc) is 2.64. The molecule has 8 heteroatoms. The van der Waals surface area contributed by atoms with Gasteiger partial charge in [-0.15, -0.1) is 0 Å². The Morgan fingerprint density at radius 1 is 1.07 bits per heavy atom. The number of nitrogens with zero attached hydrogens (tertiary/aromatic N) is 2. The van der Waals surface area contributed by atoms with Gasteiger partial charge in [-0.1, -0.05) is 13.8 Å². The number of aryl methyl sites for hydroxylation is 2. The van der Waals surface area contributed by atoms with Gasteiger partial charge in [0.1, 0.15) is 11.8 Å². The summed E-state index contributed by atoms with van der Waals surface area (Å²) in [7, 11) is 0. The maximum absolute atomic E-state index is 12.6. The number of benzene rings is 1. The largest absolute Gasteiger partial charge is 0.494 e. The van der Waals surface area contributed by atoms with Crippen molar-refractivity contribution in [1.29, 1.82) is 0 Å². The predicted molar refractivity (Wildman–Crippen MR) is 107 cm³/mol. The quantitative estimate of drug-likeness (QED) is 0.603. The van der Waals surface area contributed by atoms with Crippen molar-refractivity contribution in [3.63, 3.8) is 0 Å². The highest BCUT2D eigenvalue weighted by molar-refractivity contribution is 5.97. The number of hydrogen-bond donors (Lipinski definition) is 3. The summed E-state index contributed by atoms with van der Waals surface area (Å²) in [6.07, 6.45) is 0. The van der Waals surface area contributed by atoms with Gasteiger partial charge < -0.3 is 10.1 Å². The molecular weight excluding hydrogens is 358 g/mol. The van der Waals surface area contributed by atoms with Gasteiger partial charge in [0.15, 0.2) is 0 Å². The van der Waals surface area contributed by atoms with Crippen LogP contribution < -0.4 is 20.9 Å². The predicted octanol–water partition coefficient (Wildman–Crippen LogP) is 2.39. The Morgan fingerprint density at radius 2 is 1.68 bits per heavy atom. The second-order valence-electron chi connectivity index (χ2n) is 6.74. The van der Waals surface area contributed by atoms with Crippen LogP contribution in [-0.4, -0.2) is 34.4 Å². The molecule has 0 saturated carbocycles. The van der Waals surface area contributed by atoms with Gasteiger partial charge in [0.2, 0.25) is 5.95 Å². The Labute approximate surface area is 165 Å². The lowest BCUT2D eigenvalue weighted by molar-refractivity contribution is -0.123. The fourth-order valence-electron chi connectivity index (χ4n) is 2.61. The first-order valence-corrected chi connectivity index (χ1v) is 9.22. The fraction of sp³-hybridized carbons (Fsp3) is 0.400. The van der Waals surface area contributed by atoms with Gasteiger partial charge in [0.05, 0.1) is 6.61 Å². The lowest BCUT2D eigenvalue weighted by Crippen LogP contribution is -2.51. The summed E-state index contributed by atoms with van der Waals surface area (Å²) in [6, 6.07) is 7.89. The summed E-state index contributed by atoms with van der Waals surface area (Å²) >= 11 is 0. The monoisotopic (exact) mass is 385 g/mol. The Kier molecular flexibility index (Phi) is 7.31. The van der Waals surface area contributed by atoms with E-state index in [0.29, 0.717) is 23.9 Å². The van der Waals surface area contributed by atoms with Crippen LogP contribution in [0.1, 0.15) is 42.5 Å². The van der Waals surface area contributed by atoms with Gasteiger partial charge in [-0.25, -0.2) is 9.97 Å². The van der Waals surface area contributed by atoms with Crippen LogP contribution in [0.25, 0.3) is 0 Å². The lowest BCUT2D eigenvalue weighted by atomic mass is 10.0. The standard InChI is InChI=1S/C20H27N5O3/c1-6-28-16-9-7-15(8-10-16)18(26)23-17(12(2)3)19(27)24-25-20-21-13(4)11-14(5)22-20/h7-12,17H,6H2,1-5H3,(H,23,26)(H,24,27)(H,21,22,25)/t17-/m1/s1. The van der Waals surface area contributed by atoms with E-state index in [0.717, 1.165) is 11.4 Å². The summed E-state index contributed by atoms with van der Waals surface area (Å²) in [5.74, 6) is 0.159. The molecule has 3 N–H and O–H groups in total. The highest BCUT2D eigenvalue weighted by atomic mass is 16.5. The zero-order chi connectivity index (χ0) is 20.7. The molecule has 0 radical (unpaired) electrons. The molecule has 0 aliphatic carbocycles. The number of nitrogens with one attached hydrogen (secondary N) is 3. The van der Waals surface area contributed by atoms with E-state index in [4.69, 9.17) is 4.74 Å². The molecule has 0 fully saturated rings. The van der Waals surface area contributed by atoms with Crippen molar-refractivity contribution in [1.82, 2.24) is 20.7 Å². The molecule has 2 rings (SSSR count). The third-order valence-corrected chi connectivity index (χ3v) is 3.94. The van der Waals surface area contributed by atoms with Crippen molar-refractivity contribution in [2.24, 2.45) is 5.92 Å². The van der Waals surface area contributed by atoms with Crippen LogP contribution >= 0.6 is 0 Å². The van der Waals surface area contributed by atoms with Crippen molar-refractivity contribution in [3.8, 4) is 5.75 Å². The molecule has 1 aromatic carbocycles. The zero-order valence-electron chi connectivity index (χ0n) is 16.9. The molecule has 1 atom stereocenters. The third-order valence-electron chi connectivity index (χ3n) is 3.94. The number of ether oxygens (including phenoxy) is 1. The second-order valence-corrected chi connectivity index (χ2v) is 6.74. The van der Waals surface area contributed by atoms with Crippen molar-refractivity contribution in [2.75, 3.05) is 12.0 Å². The summed E-state index contributed by atoms with van der Waals surface area (Å²) in [6.45, 7) is 9.85. The van der Waals surface area contributed by atoms with Gasteiger partial charge in [-0.2, -0.15) is 0 Å². The molecular formula is C20H27N5O3. The van der Waals surface area contributed by atoms with Crippen LogP contribution in [0.2, 0.25) is 0 Å². The summed E-state index contributed by atoms with van der Waals surface area (Å²) in [4.78, 5) is 33.5. The molecule has 150 valence electrons. The number of hydrazine groups is 1. The van der Waals surface area contributed by atoms with Crippen LogP contribution in [0.4, 0.5) is 5.95 Å². The summed E-state index contributed by atoms with van der Waals surface area (Å²) in [5.41, 5.74) is 7.30.